The molecule has 0 aliphatic heterocycles. The smallest absolute Gasteiger partial charge is 0.319 e. The highest BCUT2D eigenvalue weighted by atomic mass is 16.5. The lowest BCUT2D eigenvalue weighted by Gasteiger charge is -2.11. The summed E-state index contributed by atoms with van der Waals surface area (Å²) in [5, 5.41) is 13.4. The lowest BCUT2D eigenvalue weighted by Crippen LogP contribution is -2.32. The zero-order valence-electron chi connectivity index (χ0n) is 15.5. The molecule has 9 heteroatoms. The van der Waals surface area contributed by atoms with E-state index in [0.29, 0.717) is 41.1 Å². The zero-order valence-corrected chi connectivity index (χ0v) is 15.5. The molecule has 0 spiro atoms. The molecule has 3 rings (SSSR count). The minimum atomic E-state index is -0.366. The van der Waals surface area contributed by atoms with Crippen molar-refractivity contribution >= 4 is 11.7 Å². The molecule has 3 aromatic rings. The van der Waals surface area contributed by atoms with E-state index in [1.54, 1.807) is 55.8 Å². The number of carbonyl (C=O) groups is 1. The number of furan rings is 1. The second-order valence-corrected chi connectivity index (χ2v) is 5.53. The second kappa shape index (κ2) is 9.26. The van der Waals surface area contributed by atoms with Gasteiger partial charge in [-0.25, -0.2) is 4.79 Å². The molecule has 0 bridgehead atoms. The number of methoxy groups -OCH3 is 2. The summed E-state index contributed by atoms with van der Waals surface area (Å²) in [6.45, 7) is 0.537. The van der Waals surface area contributed by atoms with Gasteiger partial charge in [0.2, 0.25) is 5.88 Å². The molecule has 0 unspecified atom stereocenters. The summed E-state index contributed by atoms with van der Waals surface area (Å²) in [4.78, 5) is 12.0. The van der Waals surface area contributed by atoms with E-state index < -0.39 is 0 Å². The number of benzene rings is 1. The van der Waals surface area contributed by atoms with Crippen molar-refractivity contribution < 1.29 is 23.4 Å². The third kappa shape index (κ3) is 4.91. The fourth-order valence-electron chi connectivity index (χ4n) is 2.36. The van der Waals surface area contributed by atoms with Gasteiger partial charge in [-0.1, -0.05) is 0 Å². The van der Waals surface area contributed by atoms with Crippen LogP contribution in [0.4, 0.5) is 10.5 Å². The van der Waals surface area contributed by atoms with E-state index in [1.165, 1.54) is 7.11 Å². The molecule has 0 aliphatic rings. The molecule has 28 heavy (non-hydrogen) atoms. The third-order valence-corrected chi connectivity index (χ3v) is 3.69. The molecule has 0 fully saturated rings. The highest BCUT2D eigenvalue weighted by Crippen LogP contribution is 2.29. The number of rotatable bonds is 8. The van der Waals surface area contributed by atoms with Crippen LogP contribution >= 0.6 is 0 Å². The van der Waals surface area contributed by atoms with E-state index >= 15 is 0 Å². The van der Waals surface area contributed by atoms with Crippen molar-refractivity contribution in [1.29, 1.82) is 0 Å². The summed E-state index contributed by atoms with van der Waals surface area (Å²) < 4.78 is 21.1. The lowest BCUT2D eigenvalue weighted by atomic mass is 10.3. The Bertz CT molecular complexity index is 897. The highest BCUT2D eigenvalue weighted by Gasteiger charge is 2.08. The number of ether oxygens (including phenoxy) is 3. The van der Waals surface area contributed by atoms with E-state index in [9.17, 15) is 4.79 Å². The molecule has 2 heterocycles. The van der Waals surface area contributed by atoms with Gasteiger partial charge >= 0.3 is 6.03 Å². The molecule has 0 saturated heterocycles. The van der Waals surface area contributed by atoms with Crippen molar-refractivity contribution in [1.82, 2.24) is 15.5 Å². The van der Waals surface area contributed by atoms with E-state index in [4.69, 9.17) is 18.6 Å². The van der Waals surface area contributed by atoms with Gasteiger partial charge in [0, 0.05) is 17.8 Å². The van der Waals surface area contributed by atoms with Crippen LogP contribution in [-0.4, -0.2) is 43.6 Å². The first-order valence-corrected chi connectivity index (χ1v) is 8.47. The predicted molar refractivity (Wildman–Crippen MR) is 102 cm³/mol. The van der Waals surface area contributed by atoms with Gasteiger partial charge in [0.05, 0.1) is 27.0 Å². The largest absolute Gasteiger partial charge is 0.493 e. The van der Waals surface area contributed by atoms with Gasteiger partial charge in [0.15, 0.2) is 17.3 Å². The Morgan fingerprint density at radius 2 is 1.93 bits per heavy atom. The Labute approximate surface area is 161 Å². The number of carbonyl (C=O) groups excluding carboxylic acids is 1. The Morgan fingerprint density at radius 1 is 1.07 bits per heavy atom. The van der Waals surface area contributed by atoms with Gasteiger partial charge in [0.1, 0.15) is 12.3 Å². The first kappa shape index (κ1) is 19.0. The van der Waals surface area contributed by atoms with E-state index in [0.717, 1.165) is 0 Å². The van der Waals surface area contributed by atoms with E-state index in [2.05, 4.69) is 20.8 Å². The van der Waals surface area contributed by atoms with Gasteiger partial charge < -0.3 is 29.3 Å². The fourth-order valence-corrected chi connectivity index (χ4v) is 2.36. The standard InChI is InChI=1S/C19H20N4O5/c1-25-16-7-5-13(12-17(16)26-2)21-19(24)20-9-11-28-18-8-6-14(22-23-18)15-4-3-10-27-15/h3-8,10,12H,9,11H2,1-2H3,(H2,20,21,24). The molecule has 0 aliphatic carbocycles. The summed E-state index contributed by atoms with van der Waals surface area (Å²) in [5.41, 5.74) is 1.19. The molecule has 146 valence electrons. The Morgan fingerprint density at radius 3 is 2.61 bits per heavy atom. The maximum atomic E-state index is 12.0. The number of hydrogen-bond donors (Lipinski definition) is 2. The van der Waals surface area contributed by atoms with E-state index in [1.807, 2.05) is 0 Å². The van der Waals surface area contributed by atoms with Crippen LogP contribution in [0.15, 0.2) is 53.1 Å². The topological polar surface area (TPSA) is 108 Å². The molecule has 2 N–H and O–H groups in total. The summed E-state index contributed by atoms with van der Waals surface area (Å²) in [6, 6.07) is 11.7. The molecule has 9 nitrogen and oxygen atoms in total. The van der Waals surface area contributed by atoms with Crippen LogP contribution in [0.5, 0.6) is 17.4 Å². The van der Waals surface area contributed by atoms with Crippen LogP contribution < -0.4 is 24.8 Å². The third-order valence-electron chi connectivity index (χ3n) is 3.69. The number of amides is 2. The van der Waals surface area contributed by atoms with Crippen molar-refractivity contribution in [2.45, 2.75) is 0 Å². The van der Waals surface area contributed by atoms with Crippen molar-refractivity contribution in [3.63, 3.8) is 0 Å². The summed E-state index contributed by atoms with van der Waals surface area (Å²) in [7, 11) is 3.08. The van der Waals surface area contributed by atoms with Gasteiger partial charge in [-0.15, -0.1) is 10.2 Å². The Balaban J connectivity index is 1.42. The average molecular weight is 384 g/mol. The average Bonchev–Trinajstić information content (AvgIpc) is 3.26. The van der Waals surface area contributed by atoms with Gasteiger partial charge in [-0.3, -0.25) is 0 Å². The second-order valence-electron chi connectivity index (χ2n) is 5.53. The summed E-state index contributed by atoms with van der Waals surface area (Å²) in [5.74, 6) is 2.10. The highest BCUT2D eigenvalue weighted by molar-refractivity contribution is 5.89. The molecule has 0 radical (unpaired) electrons. The molecular weight excluding hydrogens is 364 g/mol. The van der Waals surface area contributed by atoms with E-state index in [-0.39, 0.29) is 12.6 Å². The first-order valence-electron chi connectivity index (χ1n) is 8.47. The van der Waals surface area contributed by atoms with Crippen molar-refractivity contribution in [2.75, 3.05) is 32.7 Å². The molecule has 1 aromatic carbocycles. The van der Waals surface area contributed by atoms with Gasteiger partial charge in [-0.2, -0.15) is 0 Å². The van der Waals surface area contributed by atoms with Crippen LogP contribution in [0.2, 0.25) is 0 Å². The monoisotopic (exact) mass is 384 g/mol. The molecule has 2 amide bonds. The normalized spacial score (nSPS) is 10.2. The molecule has 2 aromatic heterocycles. The van der Waals surface area contributed by atoms with Crippen LogP contribution in [0.25, 0.3) is 11.5 Å². The fraction of sp³-hybridized carbons (Fsp3) is 0.211. The summed E-state index contributed by atoms with van der Waals surface area (Å²) in [6.07, 6.45) is 1.57. The molecule has 0 atom stereocenters. The number of hydrogen-bond acceptors (Lipinski definition) is 7. The van der Waals surface area contributed by atoms with Gasteiger partial charge in [0.25, 0.3) is 0 Å². The maximum Gasteiger partial charge on any atom is 0.319 e. The minimum absolute atomic E-state index is 0.244. The maximum absolute atomic E-state index is 12.0. The van der Waals surface area contributed by atoms with Crippen LogP contribution in [-0.2, 0) is 0 Å². The molecule has 0 saturated carbocycles. The van der Waals surface area contributed by atoms with Crippen LogP contribution in [0.3, 0.4) is 0 Å². The van der Waals surface area contributed by atoms with Crippen molar-refractivity contribution in [3.05, 3.63) is 48.7 Å². The van der Waals surface area contributed by atoms with Gasteiger partial charge in [-0.05, 0) is 30.3 Å². The number of nitrogens with zero attached hydrogens (tertiary/aromatic N) is 2. The zero-order chi connectivity index (χ0) is 19.8. The minimum Gasteiger partial charge on any atom is -0.493 e. The number of nitrogens with one attached hydrogen (secondary N) is 2. The number of urea groups is 1. The van der Waals surface area contributed by atoms with Crippen molar-refractivity contribution in [3.8, 4) is 28.8 Å². The first-order chi connectivity index (χ1) is 13.7. The quantitative estimate of drug-likeness (QED) is 0.575. The lowest BCUT2D eigenvalue weighted by molar-refractivity contribution is 0.246. The number of aromatic nitrogens is 2. The summed E-state index contributed by atoms with van der Waals surface area (Å²) >= 11 is 0. The Kier molecular flexibility index (Phi) is 6.29. The van der Waals surface area contributed by atoms with Crippen LogP contribution in [0, 0.1) is 0 Å². The Hall–Kier alpha value is -3.75. The predicted octanol–water partition coefficient (Wildman–Crippen LogP) is 2.95. The SMILES string of the molecule is COc1ccc(NC(=O)NCCOc2ccc(-c3ccco3)nn2)cc1OC. The number of anilines is 1. The molecular formula is C19H20N4O5. The van der Waals surface area contributed by atoms with Crippen molar-refractivity contribution in [2.24, 2.45) is 0 Å². The van der Waals surface area contributed by atoms with Crippen LogP contribution in [0.1, 0.15) is 0 Å².